The van der Waals surface area contributed by atoms with Crippen molar-refractivity contribution in [2.24, 2.45) is 11.7 Å². The van der Waals surface area contributed by atoms with Crippen molar-refractivity contribution in [1.82, 2.24) is 0 Å². The molecule has 0 aliphatic carbocycles. The lowest BCUT2D eigenvalue weighted by Gasteiger charge is -2.21. The molecule has 2 atom stereocenters. The van der Waals surface area contributed by atoms with E-state index in [1.54, 1.807) is 21.3 Å². The van der Waals surface area contributed by atoms with Crippen LogP contribution in [-0.2, 0) is 4.74 Å². The van der Waals surface area contributed by atoms with Gasteiger partial charge in [-0.15, -0.1) is 0 Å². The van der Waals surface area contributed by atoms with Crippen molar-refractivity contribution in [2.45, 2.75) is 19.4 Å². The van der Waals surface area contributed by atoms with Crippen molar-refractivity contribution >= 4 is 15.9 Å². The Morgan fingerprint density at radius 2 is 1.89 bits per heavy atom. The third kappa shape index (κ3) is 4.09. The van der Waals surface area contributed by atoms with Gasteiger partial charge in [-0.05, 0) is 40.4 Å². The minimum absolute atomic E-state index is 0.0951. The second kappa shape index (κ2) is 7.72. The van der Waals surface area contributed by atoms with E-state index >= 15 is 0 Å². The summed E-state index contributed by atoms with van der Waals surface area (Å²) in [6.45, 7) is 2.82. The second-order valence-electron chi connectivity index (χ2n) is 4.61. The van der Waals surface area contributed by atoms with Crippen LogP contribution in [0.3, 0.4) is 0 Å². The van der Waals surface area contributed by atoms with Crippen molar-refractivity contribution < 1.29 is 14.2 Å². The summed E-state index contributed by atoms with van der Waals surface area (Å²) in [5.74, 6) is 1.86. The maximum Gasteiger partial charge on any atom is 0.141 e. The first-order valence-electron chi connectivity index (χ1n) is 6.20. The summed E-state index contributed by atoms with van der Waals surface area (Å²) < 4.78 is 16.6. The molecule has 2 N–H and O–H groups in total. The Balaban J connectivity index is 2.96. The molecule has 5 heteroatoms. The fourth-order valence-corrected chi connectivity index (χ4v) is 2.81. The lowest BCUT2D eigenvalue weighted by Crippen LogP contribution is -2.17. The Labute approximate surface area is 123 Å². The number of methoxy groups -OCH3 is 3. The summed E-state index contributed by atoms with van der Waals surface area (Å²) in [5.41, 5.74) is 7.24. The molecule has 0 heterocycles. The molecule has 0 amide bonds. The Bertz CT molecular complexity index is 412. The smallest absolute Gasteiger partial charge is 0.141 e. The van der Waals surface area contributed by atoms with Crippen LogP contribution in [0.5, 0.6) is 11.5 Å². The van der Waals surface area contributed by atoms with E-state index in [0.717, 1.165) is 28.0 Å². The van der Waals surface area contributed by atoms with Gasteiger partial charge in [-0.2, -0.15) is 0 Å². The Kier molecular flexibility index (Phi) is 6.62. The first-order valence-corrected chi connectivity index (χ1v) is 6.99. The molecule has 0 aliphatic heterocycles. The predicted octanol–water partition coefficient (Wildman–Crippen LogP) is 3.14. The number of hydrogen-bond donors (Lipinski definition) is 1. The van der Waals surface area contributed by atoms with Crippen molar-refractivity contribution in [3.05, 3.63) is 22.2 Å². The molecular formula is C14H22BrNO3. The molecule has 0 fully saturated rings. The SMILES string of the molecule is COCC(C)CC(N)c1ccc(OC)c(Br)c1OC. The van der Waals surface area contributed by atoms with E-state index in [1.165, 1.54) is 0 Å². The summed E-state index contributed by atoms with van der Waals surface area (Å²) in [6.07, 6.45) is 0.836. The average Bonchev–Trinajstić information content (AvgIpc) is 2.38. The Morgan fingerprint density at radius 1 is 1.21 bits per heavy atom. The number of halogens is 1. The topological polar surface area (TPSA) is 53.7 Å². The molecule has 0 radical (unpaired) electrons. The number of nitrogens with two attached hydrogens (primary N) is 1. The molecule has 108 valence electrons. The van der Waals surface area contributed by atoms with Gasteiger partial charge in [0, 0.05) is 25.3 Å². The second-order valence-corrected chi connectivity index (χ2v) is 5.40. The van der Waals surface area contributed by atoms with Crippen molar-refractivity contribution in [1.29, 1.82) is 0 Å². The minimum atomic E-state index is -0.0951. The highest BCUT2D eigenvalue weighted by Gasteiger charge is 2.19. The van der Waals surface area contributed by atoms with E-state index in [9.17, 15) is 0 Å². The average molecular weight is 332 g/mol. The van der Waals surface area contributed by atoms with Gasteiger partial charge < -0.3 is 19.9 Å². The van der Waals surface area contributed by atoms with Crippen LogP contribution in [0.15, 0.2) is 16.6 Å². The summed E-state index contributed by atoms with van der Waals surface area (Å²) in [6, 6.07) is 3.75. The van der Waals surface area contributed by atoms with Gasteiger partial charge in [0.05, 0.1) is 14.2 Å². The fraction of sp³-hybridized carbons (Fsp3) is 0.571. The normalized spacial score (nSPS) is 14.0. The third-order valence-corrected chi connectivity index (χ3v) is 3.77. The predicted molar refractivity (Wildman–Crippen MR) is 79.8 cm³/mol. The summed E-state index contributed by atoms with van der Waals surface area (Å²) in [5, 5.41) is 0. The first-order chi connectivity index (χ1) is 9.04. The van der Waals surface area contributed by atoms with E-state index < -0.39 is 0 Å². The minimum Gasteiger partial charge on any atom is -0.495 e. The van der Waals surface area contributed by atoms with Gasteiger partial charge >= 0.3 is 0 Å². The summed E-state index contributed by atoms with van der Waals surface area (Å²) in [4.78, 5) is 0. The molecule has 1 rings (SSSR count). The van der Waals surface area contributed by atoms with Gasteiger partial charge in [-0.25, -0.2) is 0 Å². The quantitative estimate of drug-likeness (QED) is 0.833. The summed E-state index contributed by atoms with van der Waals surface area (Å²) >= 11 is 3.49. The largest absolute Gasteiger partial charge is 0.495 e. The van der Waals surface area contributed by atoms with E-state index in [-0.39, 0.29) is 6.04 Å². The molecule has 0 bridgehead atoms. The van der Waals surface area contributed by atoms with Gasteiger partial charge in [-0.1, -0.05) is 6.92 Å². The van der Waals surface area contributed by atoms with Crippen LogP contribution in [-0.4, -0.2) is 27.9 Å². The molecule has 19 heavy (non-hydrogen) atoms. The number of ether oxygens (including phenoxy) is 3. The number of hydrogen-bond acceptors (Lipinski definition) is 4. The van der Waals surface area contributed by atoms with Crippen LogP contribution in [0.1, 0.15) is 24.9 Å². The number of rotatable bonds is 7. The Hall–Kier alpha value is -0.780. The van der Waals surface area contributed by atoms with Gasteiger partial charge in [0.15, 0.2) is 0 Å². The molecule has 1 aromatic rings. The third-order valence-electron chi connectivity index (χ3n) is 3.02. The molecule has 0 aromatic heterocycles. The lowest BCUT2D eigenvalue weighted by molar-refractivity contribution is 0.152. The van der Waals surface area contributed by atoms with Crippen LogP contribution in [0, 0.1) is 5.92 Å². The zero-order valence-electron chi connectivity index (χ0n) is 11.9. The highest BCUT2D eigenvalue weighted by Crippen LogP contribution is 2.40. The van der Waals surface area contributed by atoms with E-state index in [4.69, 9.17) is 19.9 Å². The van der Waals surface area contributed by atoms with Gasteiger partial charge in [-0.3, -0.25) is 0 Å². The highest BCUT2D eigenvalue weighted by molar-refractivity contribution is 9.10. The molecule has 0 aliphatic rings. The highest BCUT2D eigenvalue weighted by atomic mass is 79.9. The zero-order chi connectivity index (χ0) is 14.4. The molecule has 0 saturated heterocycles. The van der Waals surface area contributed by atoms with Gasteiger partial charge in [0.2, 0.25) is 0 Å². The fourth-order valence-electron chi connectivity index (χ4n) is 2.12. The van der Waals surface area contributed by atoms with Crippen LogP contribution >= 0.6 is 15.9 Å². The molecule has 1 aromatic carbocycles. The van der Waals surface area contributed by atoms with Crippen LogP contribution in [0.2, 0.25) is 0 Å². The maximum atomic E-state index is 6.27. The van der Waals surface area contributed by atoms with Crippen LogP contribution in [0.4, 0.5) is 0 Å². The maximum absolute atomic E-state index is 6.27. The van der Waals surface area contributed by atoms with Crippen LogP contribution < -0.4 is 15.2 Å². The molecule has 0 saturated carbocycles. The monoisotopic (exact) mass is 331 g/mol. The number of benzene rings is 1. The van der Waals surface area contributed by atoms with E-state index in [1.807, 2.05) is 12.1 Å². The molecular weight excluding hydrogens is 310 g/mol. The van der Waals surface area contributed by atoms with Crippen LogP contribution in [0.25, 0.3) is 0 Å². The molecule has 4 nitrogen and oxygen atoms in total. The first kappa shape index (κ1) is 16.3. The van der Waals surface area contributed by atoms with E-state index in [2.05, 4.69) is 22.9 Å². The molecule has 0 spiro atoms. The van der Waals surface area contributed by atoms with Crippen molar-refractivity contribution in [2.75, 3.05) is 27.9 Å². The Morgan fingerprint density at radius 3 is 2.42 bits per heavy atom. The van der Waals surface area contributed by atoms with Gasteiger partial charge in [0.25, 0.3) is 0 Å². The standard InChI is InChI=1S/C14H22BrNO3/c1-9(8-17-2)7-11(16)10-5-6-12(18-3)13(15)14(10)19-4/h5-6,9,11H,7-8,16H2,1-4H3. The molecule has 2 unspecified atom stereocenters. The lowest BCUT2D eigenvalue weighted by atomic mass is 9.96. The van der Waals surface area contributed by atoms with Gasteiger partial charge in [0.1, 0.15) is 16.0 Å². The van der Waals surface area contributed by atoms with Crippen molar-refractivity contribution in [3.8, 4) is 11.5 Å². The summed E-state index contributed by atoms with van der Waals surface area (Å²) in [7, 11) is 4.96. The zero-order valence-corrected chi connectivity index (χ0v) is 13.5. The van der Waals surface area contributed by atoms with E-state index in [0.29, 0.717) is 12.5 Å². The van der Waals surface area contributed by atoms with Crippen molar-refractivity contribution in [3.63, 3.8) is 0 Å².